The van der Waals surface area contributed by atoms with Crippen molar-refractivity contribution in [1.29, 1.82) is 0 Å². The lowest BCUT2D eigenvalue weighted by Crippen LogP contribution is -2.48. The van der Waals surface area contributed by atoms with Crippen LogP contribution in [0.4, 0.5) is 26.5 Å². The number of aliphatic hydroxyl groups is 1. The normalized spacial score (nSPS) is 26.4. The SMILES string of the molecule is O=C1COc2ncc(N3CC4(CCN(CC5Cc6cc(NC(=O)[C@@H]7C[C@@H](O)CN7)cc(F)c6C5)CC4)OC3=O)nc2N1. The maximum Gasteiger partial charge on any atom is 0.416 e. The van der Waals surface area contributed by atoms with Gasteiger partial charge in [-0.2, -0.15) is 0 Å². The number of carbonyl (C=O) groups excluding carboxylic acids is 3. The quantitative estimate of drug-likeness (QED) is 0.398. The Hall–Kier alpha value is -3.88. The second kappa shape index (κ2) is 10.4. The van der Waals surface area contributed by atoms with Gasteiger partial charge in [-0.05, 0) is 48.4 Å². The van der Waals surface area contributed by atoms with E-state index in [1.807, 2.05) is 6.07 Å². The van der Waals surface area contributed by atoms with Gasteiger partial charge in [-0.15, -0.1) is 0 Å². The number of hydrogen-bond acceptors (Lipinski definition) is 10. The summed E-state index contributed by atoms with van der Waals surface area (Å²) in [5.74, 6) is 0.0205. The lowest BCUT2D eigenvalue weighted by atomic mass is 9.90. The molecule has 13 nitrogen and oxygen atoms in total. The first-order valence-electron chi connectivity index (χ1n) is 14.3. The Morgan fingerprint density at radius 3 is 2.86 bits per heavy atom. The summed E-state index contributed by atoms with van der Waals surface area (Å²) in [5, 5.41) is 18.0. The molecule has 4 aliphatic heterocycles. The third-order valence-electron chi connectivity index (χ3n) is 8.84. The molecule has 0 bridgehead atoms. The number of nitrogens with one attached hydrogen (secondary N) is 3. The van der Waals surface area contributed by atoms with Crippen LogP contribution in [0.1, 0.15) is 30.4 Å². The second-order valence-corrected chi connectivity index (χ2v) is 11.9. The van der Waals surface area contributed by atoms with Crippen LogP contribution in [0.3, 0.4) is 0 Å². The van der Waals surface area contributed by atoms with Crippen molar-refractivity contribution >= 4 is 35.2 Å². The van der Waals surface area contributed by atoms with Gasteiger partial charge in [0.2, 0.25) is 5.91 Å². The number of piperidine rings is 1. The van der Waals surface area contributed by atoms with Crippen molar-refractivity contribution in [3.8, 4) is 5.88 Å². The predicted octanol–water partition coefficient (Wildman–Crippen LogP) is 0.814. The van der Waals surface area contributed by atoms with E-state index in [2.05, 4.69) is 30.8 Å². The first-order valence-corrected chi connectivity index (χ1v) is 14.3. The first-order chi connectivity index (χ1) is 20.2. The summed E-state index contributed by atoms with van der Waals surface area (Å²) >= 11 is 0. The third-order valence-corrected chi connectivity index (χ3v) is 8.84. The highest BCUT2D eigenvalue weighted by molar-refractivity contribution is 5.95. The van der Waals surface area contributed by atoms with Gasteiger partial charge < -0.3 is 35.4 Å². The summed E-state index contributed by atoms with van der Waals surface area (Å²) in [6, 6.07) is 2.75. The average Bonchev–Trinajstić information content (AvgIpc) is 3.67. The molecule has 1 unspecified atom stereocenters. The van der Waals surface area contributed by atoms with E-state index in [0.29, 0.717) is 55.8 Å². The Kier molecular flexibility index (Phi) is 6.71. The smallest absolute Gasteiger partial charge is 0.416 e. The molecule has 2 aromatic rings. The highest BCUT2D eigenvalue weighted by Crippen LogP contribution is 2.38. The molecular formula is C28H32FN7O6. The number of hydrogen-bond donors (Lipinski definition) is 4. The molecule has 3 fully saturated rings. The molecule has 14 heteroatoms. The number of aromatic nitrogens is 2. The van der Waals surface area contributed by atoms with Gasteiger partial charge in [-0.1, -0.05) is 0 Å². The number of likely N-dealkylation sites (tertiary alicyclic amines) is 1. The molecule has 4 N–H and O–H groups in total. The van der Waals surface area contributed by atoms with E-state index >= 15 is 4.39 Å². The van der Waals surface area contributed by atoms with Gasteiger partial charge in [-0.25, -0.2) is 19.2 Å². The molecule has 1 aliphatic carbocycles. The molecule has 42 heavy (non-hydrogen) atoms. The van der Waals surface area contributed by atoms with Crippen LogP contribution < -0.4 is 25.6 Å². The number of anilines is 3. The van der Waals surface area contributed by atoms with Crippen LogP contribution in [0, 0.1) is 11.7 Å². The minimum Gasteiger partial charge on any atom is -0.465 e. The fourth-order valence-corrected chi connectivity index (χ4v) is 6.68. The molecular weight excluding hydrogens is 549 g/mol. The zero-order valence-corrected chi connectivity index (χ0v) is 22.9. The number of fused-ring (bicyclic) bond motifs is 2. The fourth-order valence-electron chi connectivity index (χ4n) is 6.68. The Bertz CT molecular complexity index is 1450. The zero-order chi connectivity index (χ0) is 29.0. The fraction of sp³-hybridized carbons (Fsp3) is 0.536. The number of carbonyl (C=O) groups is 3. The lowest BCUT2D eigenvalue weighted by molar-refractivity contribution is -0.119. The largest absolute Gasteiger partial charge is 0.465 e. The highest BCUT2D eigenvalue weighted by atomic mass is 19.1. The van der Waals surface area contributed by atoms with E-state index in [0.717, 1.165) is 31.6 Å². The van der Waals surface area contributed by atoms with Gasteiger partial charge in [0.15, 0.2) is 18.2 Å². The van der Waals surface area contributed by atoms with Gasteiger partial charge in [0.25, 0.3) is 11.8 Å². The van der Waals surface area contributed by atoms with Gasteiger partial charge in [0.1, 0.15) is 11.4 Å². The number of benzene rings is 1. The van der Waals surface area contributed by atoms with Gasteiger partial charge in [0.05, 0.1) is 24.9 Å². The molecule has 5 heterocycles. The molecule has 1 aromatic heterocycles. The number of nitrogens with zero attached hydrogens (tertiary/aromatic N) is 4. The van der Waals surface area contributed by atoms with Crippen molar-refractivity contribution in [2.75, 3.05) is 54.9 Å². The Morgan fingerprint density at radius 2 is 2.07 bits per heavy atom. The van der Waals surface area contributed by atoms with Crippen molar-refractivity contribution < 1.29 is 33.4 Å². The monoisotopic (exact) mass is 581 g/mol. The van der Waals surface area contributed by atoms with Crippen molar-refractivity contribution in [1.82, 2.24) is 20.2 Å². The van der Waals surface area contributed by atoms with Gasteiger partial charge in [-0.3, -0.25) is 14.5 Å². The summed E-state index contributed by atoms with van der Waals surface area (Å²) in [6.45, 7) is 2.85. The van der Waals surface area contributed by atoms with Gasteiger partial charge >= 0.3 is 6.09 Å². The van der Waals surface area contributed by atoms with E-state index < -0.39 is 23.8 Å². The Morgan fingerprint density at radius 1 is 1.24 bits per heavy atom. The molecule has 3 saturated heterocycles. The van der Waals surface area contributed by atoms with E-state index in [9.17, 15) is 19.5 Å². The molecule has 0 saturated carbocycles. The van der Waals surface area contributed by atoms with Crippen molar-refractivity contribution in [2.24, 2.45) is 5.92 Å². The van der Waals surface area contributed by atoms with Crippen molar-refractivity contribution in [2.45, 2.75) is 49.9 Å². The Labute approximate surface area is 240 Å². The number of amides is 3. The molecule has 7 rings (SSSR count). The van der Waals surface area contributed by atoms with Gasteiger partial charge in [0, 0.05) is 44.7 Å². The number of ether oxygens (including phenoxy) is 2. The van der Waals surface area contributed by atoms with Crippen LogP contribution in [0.25, 0.3) is 0 Å². The molecule has 3 atom stereocenters. The summed E-state index contributed by atoms with van der Waals surface area (Å²) in [6.07, 6.45) is 3.40. The summed E-state index contributed by atoms with van der Waals surface area (Å²) in [7, 11) is 0. The highest BCUT2D eigenvalue weighted by Gasteiger charge is 2.48. The Balaban J connectivity index is 0.938. The molecule has 1 spiro atoms. The number of β-amino-alcohol motifs (C(OH)–C–C–N with tert-alkyl or cyclic N) is 1. The van der Waals surface area contributed by atoms with E-state index in [1.165, 1.54) is 17.2 Å². The second-order valence-electron chi connectivity index (χ2n) is 11.9. The summed E-state index contributed by atoms with van der Waals surface area (Å²) in [5.41, 5.74) is 1.42. The van der Waals surface area contributed by atoms with Crippen LogP contribution in [-0.2, 0) is 27.2 Å². The van der Waals surface area contributed by atoms with Crippen LogP contribution in [-0.4, -0.2) is 95.0 Å². The summed E-state index contributed by atoms with van der Waals surface area (Å²) in [4.78, 5) is 49.3. The average molecular weight is 582 g/mol. The first kappa shape index (κ1) is 27.0. The number of halogens is 1. The molecule has 3 amide bonds. The van der Waals surface area contributed by atoms with E-state index in [-0.39, 0.29) is 41.9 Å². The minimum atomic E-state index is -0.632. The van der Waals surface area contributed by atoms with Crippen LogP contribution in [0.2, 0.25) is 0 Å². The van der Waals surface area contributed by atoms with Crippen LogP contribution >= 0.6 is 0 Å². The van der Waals surface area contributed by atoms with Crippen molar-refractivity contribution in [3.63, 3.8) is 0 Å². The lowest BCUT2D eigenvalue weighted by Gasteiger charge is -2.38. The van der Waals surface area contributed by atoms with E-state index in [1.54, 1.807) is 0 Å². The maximum absolute atomic E-state index is 15.0. The molecule has 5 aliphatic rings. The molecule has 1 aromatic carbocycles. The van der Waals surface area contributed by atoms with Crippen LogP contribution in [0.5, 0.6) is 5.88 Å². The molecule has 222 valence electrons. The minimum absolute atomic E-state index is 0.127. The van der Waals surface area contributed by atoms with Crippen LogP contribution in [0.15, 0.2) is 18.3 Å². The van der Waals surface area contributed by atoms with E-state index in [4.69, 9.17) is 9.47 Å². The topological polar surface area (TPSA) is 158 Å². The summed E-state index contributed by atoms with van der Waals surface area (Å²) < 4.78 is 26.1. The zero-order valence-electron chi connectivity index (χ0n) is 22.9. The predicted molar refractivity (Wildman–Crippen MR) is 147 cm³/mol. The molecule has 0 radical (unpaired) electrons. The number of rotatable bonds is 5. The maximum atomic E-state index is 15.0. The number of aliphatic hydroxyl groups excluding tert-OH is 1. The standard InChI is InChI=1S/C28H32FN7O6/c29-20-8-17(32-25(39)21-9-18(37)10-30-21)7-16-5-15(6-19(16)20)12-35-3-1-28(2-4-35)14-36(27(40)42-28)22-11-31-26-24(33-22)34-23(38)13-41-26/h7-8,11,15,18,21,30,37H,1-6,9-10,12-14H2,(H,32,39)(H,33,34,38)/t15?,18-,21+/m1/s1. The third kappa shape index (κ3) is 5.14. The van der Waals surface area contributed by atoms with Crippen molar-refractivity contribution in [3.05, 3.63) is 35.3 Å².